The summed E-state index contributed by atoms with van der Waals surface area (Å²) in [6.07, 6.45) is -0.697. The Kier molecular flexibility index (Phi) is 6.79. The second-order valence-corrected chi connectivity index (χ2v) is 5.00. The number of rotatable bonds is 3. The molecule has 98 valence electrons. The molecule has 1 aromatic rings. The van der Waals surface area contributed by atoms with Gasteiger partial charge in [-0.3, -0.25) is 0 Å². The molecule has 4 N–H and O–H groups in total. The molecule has 2 atom stereocenters. The van der Waals surface area contributed by atoms with Crippen LogP contribution < -0.4 is 10.5 Å². The van der Waals surface area contributed by atoms with E-state index < -0.39 is 12.1 Å². The van der Waals surface area contributed by atoms with Crippen LogP contribution in [0.4, 0.5) is 0 Å². The molecule has 0 aromatic heterocycles. The van der Waals surface area contributed by atoms with Gasteiger partial charge in [-0.15, -0.1) is 12.4 Å². The van der Waals surface area contributed by atoms with Crippen molar-refractivity contribution in [3.05, 3.63) is 20.6 Å². The van der Waals surface area contributed by atoms with Gasteiger partial charge in [-0.2, -0.15) is 0 Å². The van der Waals surface area contributed by atoms with E-state index in [4.69, 9.17) is 10.5 Å². The molecule has 4 nitrogen and oxygen atoms in total. The van der Waals surface area contributed by atoms with E-state index in [1.807, 2.05) is 0 Å². The molecule has 0 bridgehead atoms. The summed E-state index contributed by atoms with van der Waals surface area (Å²) in [6.45, 7) is 1.60. The van der Waals surface area contributed by atoms with Gasteiger partial charge in [-0.25, -0.2) is 0 Å². The number of benzene rings is 1. The van der Waals surface area contributed by atoms with Gasteiger partial charge in [0, 0.05) is 4.47 Å². The van der Waals surface area contributed by atoms with E-state index in [1.54, 1.807) is 13.0 Å². The molecule has 0 amide bonds. The third-order valence-electron chi connectivity index (χ3n) is 2.27. The van der Waals surface area contributed by atoms with Crippen LogP contribution in [0, 0.1) is 0 Å². The molecule has 0 radical (unpaired) electrons. The molecule has 0 spiro atoms. The number of hydrogen-bond acceptors (Lipinski definition) is 4. The zero-order valence-corrected chi connectivity index (χ0v) is 13.3. The first-order valence-electron chi connectivity index (χ1n) is 4.58. The fourth-order valence-corrected chi connectivity index (χ4v) is 2.26. The SMILES string of the molecule is COc1cc([C@@H](N)[C@H](C)O)c(Br)c(Br)c1O.Cl. The molecule has 17 heavy (non-hydrogen) atoms. The lowest BCUT2D eigenvalue weighted by atomic mass is 10.0. The van der Waals surface area contributed by atoms with Gasteiger partial charge in [-0.1, -0.05) is 0 Å². The third-order valence-corrected chi connectivity index (χ3v) is 4.43. The van der Waals surface area contributed by atoms with E-state index >= 15 is 0 Å². The lowest BCUT2D eigenvalue weighted by molar-refractivity contribution is 0.164. The highest BCUT2D eigenvalue weighted by Gasteiger charge is 2.21. The first kappa shape index (κ1) is 17.0. The van der Waals surface area contributed by atoms with Crippen LogP contribution in [0.5, 0.6) is 11.5 Å². The minimum atomic E-state index is -0.697. The number of phenolic OH excluding ortho intramolecular Hbond substituents is 1. The summed E-state index contributed by atoms with van der Waals surface area (Å²) in [5.74, 6) is 0.303. The molecule has 0 saturated carbocycles. The van der Waals surface area contributed by atoms with E-state index in [0.717, 1.165) is 0 Å². The maximum Gasteiger partial charge on any atom is 0.173 e. The van der Waals surface area contributed by atoms with Crippen LogP contribution in [0.3, 0.4) is 0 Å². The Hall–Kier alpha value is -0.0100. The van der Waals surface area contributed by atoms with Gasteiger partial charge in [0.2, 0.25) is 0 Å². The van der Waals surface area contributed by atoms with Crippen molar-refractivity contribution in [3.8, 4) is 11.5 Å². The highest BCUT2D eigenvalue weighted by atomic mass is 79.9. The van der Waals surface area contributed by atoms with E-state index in [9.17, 15) is 10.2 Å². The standard InChI is InChI=1S/C10H13Br2NO3.ClH/c1-4(14)9(13)5-3-6(16-2)10(15)8(12)7(5)11;/h3-4,9,14-15H,13H2,1-2H3;1H/t4-,9-;/m0./s1. The van der Waals surface area contributed by atoms with Gasteiger partial charge in [0.05, 0.1) is 23.7 Å². The van der Waals surface area contributed by atoms with Crippen molar-refractivity contribution < 1.29 is 14.9 Å². The number of methoxy groups -OCH3 is 1. The second-order valence-electron chi connectivity index (χ2n) is 3.41. The number of phenols is 1. The van der Waals surface area contributed by atoms with E-state index in [1.165, 1.54) is 7.11 Å². The van der Waals surface area contributed by atoms with E-state index in [-0.39, 0.29) is 18.2 Å². The zero-order chi connectivity index (χ0) is 12.5. The molecular formula is C10H14Br2ClNO3. The minimum Gasteiger partial charge on any atom is -0.503 e. The summed E-state index contributed by atoms with van der Waals surface area (Å²) in [6, 6.07) is 1.04. The van der Waals surface area contributed by atoms with Gasteiger partial charge in [0.25, 0.3) is 0 Å². The number of aliphatic hydroxyl groups excluding tert-OH is 1. The average molecular weight is 391 g/mol. The van der Waals surface area contributed by atoms with Crippen molar-refractivity contribution in [3.63, 3.8) is 0 Å². The van der Waals surface area contributed by atoms with Crippen molar-refractivity contribution in [2.24, 2.45) is 5.73 Å². The van der Waals surface area contributed by atoms with Crippen LogP contribution in [-0.2, 0) is 0 Å². The number of aromatic hydroxyl groups is 1. The number of halogens is 3. The fourth-order valence-electron chi connectivity index (χ4n) is 1.27. The molecule has 0 aliphatic rings. The van der Waals surface area contributed by atoms with Gasteiger partial charge in [-0.05, 0) is 50.4 Å². The first-order valence-corrected chi connectivity index (χ1v) is 6.17. The molecule has 0 fully saturated rings. The molecule has 7 heteroatoms. The van der Waals surface area contributed by atoms with Crippen molar-refractivity contribution in [2.45, 2.75) is 19.1 Å². The summed E-state index contributed by atoms with van der Waals surface area (Å²) >= 11 is 6.53. The quantitative estimate of drug-likeness (QED) is 0.741. The van der Waals surface area contributed by atoms with Crippen LogP contribution >= 0.6 is 44.3 Å². The average Bonchev–Trinajstić information content (AvgIpc) is 2.25. The Morgan fingerprint density at radius 3 is 2.29 bits per heavy atom. The highest BCUT2D eigenvalue weighted by molar-refractivity contribution is 9.13. The van der Waals surface area contributed by atoms with Crippen molar-refractivity contribution in [2.75, 3.05) is 7.11 Å². The molecule has 0 aliphatic heterocycles. The van der Waals surface area contributed by atoms with Crippen LogP contribution in [0.2, 0.25) is 0 Å². The lowest BCUT2D eigenvalue weighted by Gasteiger charge is -2.19. The zero-order valence-electron chi connectivity index (χ0n) is 9.28. The maximum absolute atomic E-state index is 9.72. The van der Waals surface area contributed by atoms with Gasteiger partial charge < -0.3 is 20.7 Å². The number of ether oxygens (including phenoxy) is 1. The Morgan fingerprint density at radius 2 is 1.88 bits per heavy atom. The molecule has 0 unspecified atom stereocenters. The van der Waals surface area contributed by atoms with Gasteiger partial charge in [0.15, 0.2) is 11.5 Å². The lowest BCUT2D eigenvalue weighted by Crippen LogP contribution is -2.23. The van der Waals surface area contributed by atoms with E-state index in [0.29, 0.717) is 20.3 Å². The summed E-state index contributed by atoms with van der Waals surface area (Å²) in [5, 5.41) is 19.2. The summed E-state index contributed by atoms with van der Waals surface area (Å²) < 4.78 is 6.08. The molecular weight excluding hydrogens is 377 g/mol. The Bertz CT molecular complexity index is 402. The van der Waals surface area contributed by atoms with Gasteiger partial charge in [0.1, 0.15) is 0 Å². The summed E-state index contributed by atoms with van der Waals surface area (Å²) in [5.41, 5.74) is 6.51. The molecule has 1 rings (SSSR count). The largest absolute Gasteiger partial charge is 0.503 e. The van der Waals surface area contributed by atoms with E-state index in [2.05, 4.69) is 31.9 Å². The van der Waals surface area contributed by atoms with Crippen molar-refractivity contribution >= 4 is 44.3 Å². The number of nitrogens with two attached hydrogens (primary N) is 1. The number of aliphatic hydroxyl groups is 1. The minimum absolute atomic E-state index is 0. The van der Waals surface area contributed by atoms with Crippen LogP contribution in [0.25, 0.3) is 0 Å². The highest BCUT2D eigenvalue weighted by Crippen LogP contribution is 2.43. The Morgan fingerprint density at radius 1 is 1.35 bits per heavy atom. The smallest absolute Gasteiger partial charge is 0.173 e. The third kappa shape index (κ3) is 3.48. The van der Waals surface area contributed by atoms with Crippen LogP contribution in [-0.4, -0.2) is 23.4 Å². The monoisotopic (exact) mass is 389 g/mol. The molecule has 0 saturated heterocycles. The summed E-state index contributed by atoms with van der Waals surface area (Å²) in [7, 11) is 1.45. The molecule has 0 heterocycles. The topological polar surface area (TPSA) is 75.7 Å². The van der Waals surface area contributed by atoms with Crippen molar-refractivity contribution in [1.82, 2.24) is 0 Å². The van der Waals surface area contributed by atoms with Crippen LogP contribution in [0.15, 0.2) is 15.0 Å². The molecule has 0 aliphatic carbocycles. The normalized spacial score (nSPS) is 13.8. The second kappa shape index (κ2) is 6.80. The predicted molar refractivity (Wildman–Crippen MR) is 75.9 cm³/mol. The predicted octanol–water partition coefficient (Wildman–Crippen LogP) is 2.73. The summed E-state index contributed by atoms with van der Waals surface area (Å²) in [4.78, 5) is 0. The number of hydrogen-bond donors (Lipinski definition) is 3. The Balaban J connectivity index is 0.00000256. The first-order chi connectivity index (χ1) is 7.40. The Labute approximate surface area is 123 Å². The maximum atomic E-state index is 9.72. The van der Waals surface area contributed by atoms with Crippen LogP contribution in [0.1, 0.15) is 18.5 Å². The van der Waals surface area contributed by atoms with Crippen molar-refractivity contribution in [1.29, 1.82) is 0 Å². The molecule has 1 aromatic carbocycles. The fraction of sp³-hybridized carbons (Fsp3) is 0.400. The van der Waals surface area contributed by atoms with Gasteiger partial charge >= 0.3 is 0 Å².